The van der Waals surface area contributed by atoms with E-state index < -0.39 is 17.7 Å². The van der Waals surface area contributed by atoms with E-state index in [9.17, 15) is 17.6 Å². The number of allylic oxidation sites excluding steroid dienone is 1. The smallest absolute Gasteiger partial charge is 0.276 e. The maximum absolute atomic E-state index is 13.5. The summed E-state index contributed by atoms with van der Waals surface area (Å²) >= 11 is 1.10. The standard InChI is InChI=1S/C13H10F4N2OS/c14-9-3-1-4-10(15)8(9)7-12-18-19-13(20-12)21-6-2-5-11(16)17/h1,3-5H,2,6-7H2. The number of halogens is 4. The van der Waals surface area contributed by atoms with E-state index in [1.165, 1.54) is 6.07 Å². The Morgan fingerprint density at radius 1 is 1.19 bits per heavy atom. The Bertz CT molecular complexity index is 621. The molecule has 0 amide bonds. The zero-order valence-electron chi connectivity index (χ0n) is 10.7. The first kappa shape index (κ1) is 15.6. The van der Waals surface area contributed by atoms with Crippen molar-refractivity contribution in [1.29, 1.82) is 0 Å². The van der Waals surface area contributed by atoms with Crippen LogP contribution in [0.4, 0.5) is 17.6 Å². The van der Waals surface area contributed by atoms with Gasteiger partial charge >= 0.3 is 0 Å². The second-order valence-electron chi connectivity index (χ2n) is 3.97. The molecule has 21 heavy (non-hydrogen) atoms. The molecule has 0 spiro atoms. The average molecular weight is 318 g/mol. The summed E-state index contributed by atoms with van der Waals surface area (Å²) in [6, 6.07) is 3.55. The molecule has 0 unspecified atom stereocenters. The second-order valence-corrected chi connectivity index (χ2v) is 5.02. The van der Waals surface area contributed by atoms with Gasteiger partial charge in [-0.15, -0.1) is 10.2 Å². The Balaban J connectivity index is 1.96. The minimum atomic E-state index is -1.74. The first-order valence-electron chi connectivity index (χ1n) is 5.95. The van der Waals surface area contributed by atoms with E-state index in [1.54, 1.807) is 0 Å². The van der Waals surface area contributed by atoms with Crippen LogP contribution in [0.2, 0.25) is 0 Å². The highest BCUT2D eigenvalue weighted by molar-refractivity contribution is 7.99. The predicted molar refractivity (Wildman–Crippen MR) is 69.1 cm³/mol. The third kappa shape index (κ3) is 4.59. The van der Waals surface area contributed by atoms with Crippen LogP contribution in [0.5, 0.6) is 0 Å². The van der Waals surface area contributed by atoms with Crippen molar-refractivity contribution < 1.29 is 22.0 Å². The molecular weight excluding hydrogens is 308 g/mol. The van der Waals surface area contributed by atoms with Crippen LogP contribution in [0.15, 0.2) is 40.0 Å². The van der Waals surface area contributed by atoms with E-state index in [4.69, 9.17) is 4.42 Å². The molecule has 0 N–H and O–H groups in total. The van der Waals surface area contributed by atoms with Gasteiger partial charge < -0.3 is 4.42 Å². The average Bonchev–Trinajstić information content (AvgIpc) is 2.87. The van der Waals surface area contributed by atoms with Crippen molar-refractivity contribution in [3.8, 4) is 0 Å². The summed E-state index contributed by atoms with van der Waals surface area (Å²) in [5.41, 5.74) is -0.153. The lowest BCUT2D eigenvalue weighted by atomic mass is 10.1. The van der Waals surface area contributed by atoms with E-state index >= 15 is 0 Å². The number of nitrogens with zero attached hydrogens (tertiary/aromatic N) is 2. The molecule has 0 fully saturated rings. The monoisotopic (exact) mass is 318 g/mol. The molecule has 1 aromatic carbocycles. The van der Waals surface area contributed by atoms with Crippen molar-refractivity contribution in [2.24, 2.45) is 0 Å². The van der Waals surface area contributed by atoms with Gasteiger partial charge in [0.05, 0.1) is 6.42 Å². The number of benzene rings is 1. The van der Waals surface area contributed by atoms with Crippen molar-refractivity contribution >= 4 is 11.8 Å². The fourth-order valence-electron chi connectivity index (χ4n) is 1.53. The normalized spacial score (nSPS) is 10.7. The molecule has 2 rings (SSSR count). The molecule has 112 valence electrons. The first-order valence-corrected chi connectivity index (χ1v) is 6.94. The molecule has 0 saturated carbocycles. The second kappa shape index (κ2) is 7.26. The Morgan fingerprint density at radius 2 is 1.90 bits per heavy atom. The summed E-state index contributed by atoms with van der Waals surface area (Å²) in [5.74, 6) is -0.974. The topological polar surface area (TPSA) is 38.9 Å². The largest absolute Gasteiger partial charge is 0.416 e. The van der Waals surface area contributed by atoms with Crippen molar-refractivity contribution in [3.05, 3.63) is 53.4 Å². The van der Waals surface area contributed by atoms with Crippen LogP contribution in [0.25, 0.3) is 0 Å². The highest BCUT2D eigenvalue weighted by atomic mass is 32.2. The van der Waals surface area contributed by atoms with Gasteiger partial charge in [-0.05, 0) is 24.6 Å². The SMILES string of the molecule is FC(F)=CCCSc1nnc(Cc2c(F)cccc2F)o1. The Kier molecular flexibility index (Phi) is 5.38. The number of hydrogen-bond donors (Lipinski definition) is 0. The van der Waals surface area contributed by atoms with Gasteiger partial charge in [0, 0.05) is 11.3 Å². The molecule has 0 aliphatic heterocycles. The van der Waals surface area contributed by atoms with E-state index in [0.717, 1.165) is 30.0 Å². The summed E-state index contributed by atoms with van der Waals surface area (Å²) in [4.78, 5) is 0. The molecule has 0 bridgehead atoms. The van der Waals surface area contributed by atoms with Gasteiger partial charge in [-0.1, -0.05) is 17.8 Å². The van der Waals surface area contributed by atoms with Gasteiger partial charge in [-0.3, -0.25) is 0 Å². The maximum atomic E-state index is 13.5. The molecule has 0 radical (unpaired) electrons. The summed E-state index contributed by atoms with van der Waals surface area (Å²) in [5, 5.41) is 7.53. The van der Waals surface area contributed by atoms with E-state index in [1.807, 2.05) is 0 Å². The highest BCUT2D eigenvalue weighted by Gasteiger charge is 2.13. The quantitative estimate of drug-likeness (QED) is 0.454. The summed E-state index contributed by atoms with van der Waals surface area (Å²) in [6.45, 7) is 0. The summed E-state index contributed by atoms with van der Waals surface area (Å²) in [7, 11) is 0. The molecule has 3 nitrogen and oxygen atoms in total. The third-order valence-electron chi connectivity index (χ3n) is 2.48. The van der Waals surface area contributed by atoms with Crippen LogP contribution in [0.3, 0.4) is 0 Å². The van der Waals surface area contributed by atoms with E-state index in [0.29, 0.717) is 5.75 Å². The summed E-state index contributed by atoms with van der Waals surface area (Å²) < 4.78 is 55.7. The number of aromatic nitrogens is 2. The lowest BCUT2D eigenvalue weighted by Crippen LogP contribution is -1.97. The molecule has 0 atom stereocenters. The van der Waals surface area contributed by atoms with Gasteiger partial charge in [0.1, 0.15) is 11.6 Å². The Hall–Kier alpha value is -1.83. The van der Waals surface area contributed by atoms with Crippen LogP contribution in [-0.2, 0) is 6.42 Å². The minimum Gasteiger partial charge on any atom is -0.416 e. The van der Waals surface area contributed by atoms with Crippen LogP contribution in [0, 0.1) is 11.6 Å². The van der Waals surface area contributed by atoms with Crippen molar-refractivity contribution in [2.75, 3.05) is 5.75 Å². The maximum Gasteiger partial charge on any atom is 0.276 e. The van der Waals surface area contributed by atoms with Crippen LogP contribution >= 0.6 is 11.8 Å². The van der Waals surface area contributed by atoms with Gasteiger partial charge in [-0.25, -0.2) is 8.78 Å². The molecule has 0 saturated heterocycles. The fraction of sp³-hybridized carbons (Fsp3) is 0.231. The predicted octanol–water partition coefficient (Wildman–Crippen LogP) is 4.20. The van der Waals surface area contributed by atoms with Gasteiger partial charge in [-0.2, -0.15) is 8.78 Å². The Labute approximate surface area is 122 Å². The molecule has 0 aliphatic carbocycles. The zero-order chi connectivity index (χ0) is 15.2. The number of rotatable bonds is 6. The molecule has 1 aromatic heterocycles. The van der Waals surface area contributed by atoms with Crippen LogP contribution in [-0.4, -0.2) is 16.0 Å². The lowest BCUT2D eigenvalue weighted by Gasteiger charge is -2.00. The fourth-order valence-corrected chi connectivity index (χ4v) is 2.20. The Morgan fingerprint density at radius 3 is 2.57 bits per heavy atom. The van der Waals surface area contributed by atoms with Gasteiger partial charge in [0.2, 0.25) is 5.89 Å². The molecule has 2 aromatic rings. The summed E-state index contributed by atoms with van der Waals surface area (Å²) in [6.07, 6.45) is -0.951. The number of thioether (sulfide) groups is 1. The van der Waals surface area contributed by atoms with Crippen molar-refractivity contribution in [3.63, 3.8) is 0 Å². The minimum absolute atomic E-state index is 0.0636. The molecule has 8 heteroatoms. The van der Waals surface area contributed by atoms with Crippen LogP contribution in [0.1, 0.15) is 17.9 Å². The first-order chi connectivity index (χ1) is 10.1. The number of hydrogen-bond acceptors (Lipinski definition) is 4. The third-order valence-corrected chi connectivity index (χ3v) is 3.33. The molecule has 1 heterocycles. The van der Waals surface area contributed by atoms with E-state index in [-0.39, 0.29) is 29.5 Å². The van der Waals surface area contributed by atoms with Crippen LogP contribution < -0.4 is 0 Å². The van der Waals surface area contributed by atoms with Crippen molar-refractivity contribution in [2.45, 2.75) is 18.1 Å². The van der Waals surface area contributed by atoms with Gasteiger partial charge in [0.25, 0.3) is 11.3 Å². The lowest BCUT2D eigenvalue weighted by molar-refractivity contribution is 0.414. The van der Waals surface area contributed by atoms with E-state index in [2.05, 4.69) is 10.2 Å². The molecule has 0 aliphatic rings. The van der Waals surface area contributed by atoms with Crippen molar-refractivity contribution in [1.82, 2.24) is 10.2 Å². The van der Waals surface area contributed by atoms with Gasteiger partial charge in [0.15, 0.2) is 0 Å². The molecular formula is C13H10F4N2OS. The highest BCUT2D eigenvalue weighted by Crippen LogP contribution is 2.21. The zero-order valence-corrected chi connectivity index (χ0v) is 11.5.